The summed E-state index contributed by atoms with van der Waals surface area (Å²) < 4.78 is 52.4. The molecule has 3 aromatic rings. The van der Waals surface area contributed by atoms with Crippen molar-refractivity contribution in [1.82, 2.24) is 5.32 Å². The van der Waals surface area contributed by atoms with Crippen LogP contribution in [0.15, 0.2) is 82.2 Å². The third-order valence-corrected chi connectivity index (χ3v) is 6.95. The molecule has 0 heterocycles. The number of halogens is 2. The first-order valence-corrected chi connectivity index (χ1v) is 12.7. The van der Waals surface area contributed by atoms with Crippen molar-refractivity contribution in [3.63, 3.8) is 0 Å². The summed E-state index contributed by atoms with van der Waals surface area (Å²) in [7, 11) is -4.02. The van der Waals surface area contributed by atoms with E-state index in [0.29, 0.717) is 23.8 Å². The van der Waals surface area contributed by atoms with E-state index in [0.717, 1.165) is 8.78 Å². The van der Waals surface area contributed by atoms with Crippen LogP contribution in [0.1, 0.15) is 6.92 Å². The molecule has 10 heteroatoms. The number of hydrogen-bond donors (Lipinski definition) is 1. The lowest BCUT2D eigenvalue weighted by atomic mass is 10.3. The monoisotopic (exact) mass is 550 g/mol. The standard InChI is InChI=1S/C24H24BrFN2O5S/c1-2-32-21-11-7-20(8-12-21)28(34(30,31)23-13-3-18(25)4-14-23)17-24(29)27-15-16-33-22-9-5-19(26)6-10-22/h3-14H,2,15-17H2,1H3,(H,27,29). The Morgan fingerprint density at radius 1 is 0.941 bits per heavy atom. The van der Waals surface area contributed by atoms with Crippen molar-refractivity contribution >= 4 is 37.5 Å². The number of sulfonamides is 1. The van der Waals surface area contributed by atoms with Crippen LogP contribution in [0.5, 0.6) is 11.5 Å². The van der Waals surface area contributed by atoms with Crippen molar-refractivity contribution in [2.75, 3.05) is 30.6 Å². The molecule has 0 radical (unpaired) electrons. The van der Waals surface area contributed by atoms with E-state index in [4.69, 9.17) is 9.47 Å². The van der Waals surface area contributed by atoms with Gasteiger partial charge in [0.05, 0.1) is 23.7 Å². The summed E-state index contributed by atoms with van der Waals surface area (Å²) in [6.45, 7) is 2.18. The molecule has 1 amide bonds. The number of carbonyl (C=O) groups excluding carboxylic acids is 1. The number of nitrogens with zero attached hydrogens (tertiary/aromatic N) is 1. The van der Waals surface area contributed by atoms with Gasteiger partial charge in [-0.05, 0) is 79.7 Å². The van der Waals surface area contributed by atoms with Crippen LogP contribution in [0.4, 0.5) is 10.1 Å². The van der Waals surface area contributed by atoms with E-state index >= 15 is 0 Å². The minimum absolute atomic E-state index is 0.0528. The second-order valence-electron chi connectivity index (χ2n) is 7.04. The van der Waals surface area contributed by atoms with Crippen LogP contribution in [-0.2, 0) is 14.8 Å². The number of nitrogens with one attached hydrogen (secondary N) is 1. The molecule has 1 N–H and O–H groups in total. The van der Waals surface area contributed by atoms with Gasteiger partial charge in [0.25, 0.3) is 10.0 Å². The van der Waals surface area contributed by atoms with Crippen LogP contribution >= 0.6 is 15.9 Å². The molecule has 3 rings (SSSR count). The van der Waals surface area contributed by atoms with E-state index in [9.17, 15) is 17.6 Å². The Bertz CT molecular complexity index is 1190. The van der Waals surface area contributed by atoms with Gasteiger partial charge < -0.3 is 14.8 Å². The molecule has 0 saturated heterocycles. The molecule has 0 aliphatic carbocycles. The van der Waals surface area contributed by atoms with Gasteiger partial charge >= 0.3 is 0 Å². The number of carbonyl (C=O) groups is 1. The summed E-state index contributed by atoms with van der Waals surface area (Å²) in [5.74, 6) is 0.179. The quantitative estimate of drug-likeness (QED) is 0.358. The number of amides is 1. The van der Waals surface area contributed by atoms with Crippen LogP contribution in [-0.4, -0.2) is 40.6 Å². The normalized spacial score (nSPS) is 11.0. The zero-order valence-electron chi connectivity index (χ0n) is 18.4. The SMILES string of the molecule is CCOc1ccc(N(CC(=O)NCCOc2ccc(F)cc2)S(=O)(=O)c2ccc(Br)cc2)cc1. The van der Waals surface area contributed by atoms with Crippen molar-refractivity contribution in [2.45, 2.75) is 11.8 Å². The van der Waals surface area contributed by atoms with E-state index in [1.807, 2.05) is 6.92 Å². The summed E-state index contributed by atoms with van der Waals surface area (Å²) in [5, 5.41) is 2.65. The summed E-state index contributed by atoms with van der Waals surface area (Å²) in [4.78, 5) is 12.7. The van der Waals surface area contributed by atoms with Gasteiger partial charge in [0.2, 0.25) is 5.91 Å². The number of benzene rings is 3. The minimum Gasteiger partial charge on any atom is -0.494 e. The van der Waals surface area contributed by atoms with Crippen molar-refractivity contribution in [3.05, 3.63) is 83.1 Å². The third-order valence-electron chi connectivity index (χ3n) is 4.63. The smallest absolute Gasteiger partial charge is 0.264 e. The highest BCUT2D eigenvalue weighted by molar-refractivity contribution is 9.10. The number of ether oxygens (including phenoxy) is 2. The summed E-state index contributed by atoms with van der Waals surface area (Å²) >= 11 is 3.30. The second kappa shape index (κ2) is 11.8. The average Bonchev–Trinajstić information content (AvgIpc) is 2.82. The molecule has 180 valence electrons. The lowest BCUT2D eigenvalue weighted by Crippen LogP contribution is -2.41. The number of hydrogen-bond acceptors (Lipinski definition) is 5. The molecule has 0 atom stereocenters. The fourth-order valence-corrected chi connectivity index (χ4v) is 4.69. The van der Waals surface area contributed by atoms with Gasteiger partial charge in [0.1, 0.15) is 30.5 Å². The van der Waals surface area contributed by atoms with Crippen LogP contribution in [0.3, 0.4) is 0 Å². The molecule has 3 aromatic carbocycles. The van der Waals surface area contributed by atoms with E-state index in [1.165, 1.54) is 36.4 Å². The van der Waals surface area contributed by atoms with E-state index < -0.39 is 22.5 Å². The lowest BCUT2D eigenvalue weighted by Gasteiger charge is -2.24. The highest BCUT2D eigenvalue weighted by atomic mass is 79.9. The van der Waals surface area contributed by atoms with Crippen molar-refractivity contribution in [1.29, 1.82) is 0 Å². The first-order chi connectivity index (χ1) is 16.3. The Kier molecular flexibility index (Phi) is 8.89. The van der Waals surface area contributed by atoms with Crippen LogP contribution < -0.4 is 19.1 Å². The molecule has 0 bridgehead atoms. The fourth-order valence-electron chi connectivity index (χ4n) is 3.00. The Morgan fingerprint density at radius 3 is 2.15 bits per heavy atom. The zero-order valence-corrected chi connectivity index (χ0v) is 20.8. The Morgan fingerprint density at radius 2 is 1.53 bits per heavy atom. The predicted molar refractivity (Wildman–Crippen MR) is 131 cm³/mol. The van der Waals surface area contributed by atoms with Gasteiger partial charge in [-0.2, -0.15) is 0 Å². The van der Waals surface area contributed by atoms with Crippen molar-refractivity contribution in [2.24, 2.45) is 0 Å². The maximum Gasteiger partial charge on any atom is 0.264 e. The predicted octanol–water partition coefficient (Wildman–Crippen LogP) is 4.38. The fraction of sp³-hybridized carbons (Fsp3) is 0.208. The van der Waals surface area contributed by atoms with E-state index in [-0.39, 0.29) is 23.9 Å². The molecule has 0 saturated carbocycles. The molecular weight excluding hydrogens is 527 g/mol. The number of anilines is 1. The largest absolute Gasteiger partial charge is 0.494 e. The summed E-state index contributed by atoms with van der Waals surface area (Å²) in [5.41, 5.74) is 0.323. The van der Waals surface area contributed by atoms with Crippen molar-refractivity contribution < 1.29 is 27.1 Å². The maximum atomic E-state index is 13.4. The molecule has 7 nitrogen and oxygen atoms in total. The van der Waals surface area contributed by atoms with Gasteiger partial charge in [-0.15, -0.1) is 0 Å². The van der Waals surface area contributed by atoms with Crippen LogP contribution in [0.2, 0.25) is 0 Å². The first kappa shape index (κ1) is 25.5. The van der Waals surface area contributed by atoms with Gasteiger partial charge in [-0.1, -0.05) is 15.9 Å². The topological polar surface area (TPSA) is 84.9 Å². The molecule has 34 heavy (non-hydrogen) atoms. The number of rotatable bonds is 11. The summed E-state index contributed by atoms with van der Waals surface area (Å²) in [6, 6.07) is 18.2. The molecule has 0 fully saturated rings. The van der Waals surface area contributed by atoms with Gasteiger partial charge in [0.15, 0.2) is 0 Å². The average molecular weight is 551 g/mol. The minimum atomic E-state index is -4.02. The van der Waals surface area contributed by atoms with Crippen LogP contribution in [0.25, 0.3) is 0 Å². The maximum absolute atomic E-state index is 13.4. The van der Waals surface area contributed by atoms with Crippen molar-refractivity contribution in [3.8, 4) is 11.5 Å². The molecule has 0 aromatic heterocycles. The van der Waals surface area contributed by atoms with Gasteiger partial charge in [0, 0.05) is 4.47 Å². The Labute approximate surface area is 206 Å². The molecular formula is C24H24BrFN2O5S. The third kappa shape index (κ3) is 6.94. The van der Waals surface area contributed by atoms with E-state index in [2.05, 4.69) is 21.2 Å². The Balaban J connectivity index is 1.71. The summed E-state index contributed by atoms with van der Waals surface area (Å²) in [6.07, 6.45) is 0. The molecule has 0 spiro atoms. The van der Waals surface area contributed by atoms with Gasteiger partial charge in [-0.25, -0.2) is 12.8 Å². The highest BCUT2D eigenvalue weighted by Crippen LogP contribution is 2.26. The highest BCUT2D eigenvalue weighted by Gasteiger charge is 2.27. The second-order valence-corrected chi connectivity index (χ2v) is 9.82. The molecule has 0 aliphatic heterocycles. The lowest BCUT2D eigenvalue weighted by molar-refractivity contribution is -0.119. The van der Waals surface area contributed by atoms with Gasteiger partial charge in [-0.3, -0.25) is 9.10 Å². The molecule has 0 aliphatic rings. The molecule has 0 unspecified atom stereocenters. The first-order valence-electron chi connectivity index (χ1n) is 10.5. The van der Waals surface area contributed by atoms with E-state index in [1.54, 1.807) is 36.4 Å². The van der Waals surface area contributed by atoms with Crippen LogP contribution in [0, 0.1) is 5.82 Å². The Hall–Kier alpha value is -3.11. The zero-order chi connectivity index (χ0) is 24.6.